The molecule has 1 aromatic rings. The van der Waals surface area contributed by atoms with Gasteiger partial charge in [-0.15, -0.1) is 0 Å². The minimum Gasteiger partial charge on any atom is -0.489 e. The highest BCUT2D eigenvalue weighted by Crippen LogP contribution is 2.32. The predicted octanol–water partition coefficient (Wildman–Crippen LogP) is 2.51. The van der Waals surface area contributed by atoms with Crippen molar-refractivity contribution in [1.29, 1.82) is 0 Å². The Morgan fingerprint density at radius 1 is 1.38 bits per heavy atom. The quantitative estimate of drug-likeness (QED) is 0.756. The number of nitrogens with zero attached hydrogens (tertiary/aromatic N) is 1. The molecule has 1 atom stereocenters. The van der Waals surface area contributed by atoms with E-state index in [9.17, 15) is 4.21 Å². The summed E-state index contributed by atoms with van der Waals surface area (Å²) in [5, 5.41) is 0. The maximum absolute atomic E-state index is 11.5. The maximum Gasteiger partial charge on any atom is 0.143 e. The van der Waals surface area contributed by atoms with Crippen molar-refractivity contribution in [3.05, 3.63) is 23.8 Å². The fourth-order valence-corrected chi connectivity index (χ4v) is 2.32. The molecule has 1 aliphatic rings. The molecule has 1 aromatic carbocycles. The second kappa shape index (κ2) is 5.89. The van der Waals surface area contributed by atoms with Crippen LogP contribution in [0.2, 0.25) is 0 Å². The molecule has 1 aliphatic heterocycles. The first-order valence-corrected chi connectivity index (χ1v) is 7.04. The highest BCUT2D eigenvalue weighted by atomic mass is 32.2. The number of aryl methyl sites for hydroxylation is 1. The standard InChI is InChI=1S/C10H13NO2S.C2H6/c1-8-3-4-10-9(7-8)11(14(2)12)5-6-13-10;1-2/h3-4,7H,5-6H2,1-2H3;1-2H3. The van der Waals surface area contributed by atoms with E-state index >= 15 is 0 Å². The first-order chi connectivity index (χ1) is 7.68. The van der Waals surface area contributed by atoms with E-state index in [-0.39, 0.29) is 0 Å². The molecule has 2 rings (SSSR count). The van der Waals surface area contributed by atoms with Gasteiger partial charge >= 0.3 is 0 Å². The molecular formula is C12H19NO2S. The average molecular weight is 241 g/mol. The van der Waals surface area contributed by atoms with E-state index in [0.29, 0.717) is 13.2 Å². The Hall–Kier alpha value is -1.03. The van der Waals surface area contributed by atoms with Crippen molar-refractivity contribution in [1.82, 2.24) is 0 Å². The molecule has 0 saturated heterocycles. The van der Waals surface area contributed by atoms with E-state index in [1.54, 1.807) is 6.26 Å². The van der Waals surface area contributed by atoms with Crippen LogP contribution in [0.25, 0.3) is 0 Å². The van der Waals surface area contributed by atoms with Crippen LogP contribution in [0.3, 0.4) is 0 Å². The van der Waals surface area contributed by atoms with Gasteiger partial charge in [0, 0.05) is 6.26 Å². The molecule has 1 unspecified atom stereocenters. The molecule has 0 N–H and O–H groups in total. The van der Waals surface area contributed by atoms with Crippen molar-refractivity contribution >= 4 is 16.7 Å². The monoisotopic (exact) mass is 241 g/mol. The van der Waals surface area contributed by atoms with Gasteiger partial charge in [-0.05, 0) is 24.6 Å². The number of hydrogen-bond acceptors (Lipinski definition) is 2. The third-order valence-corrected chi connectivity index (χ3v) is 3.25. The van der Waals surface area contributed by atoms with Gasteiger partial charge in [-0.1, -0.05) is 19.9 Å². The van der Waals surface area contributed by atoms with Crippen LogP contribution < -0.4 is 9.04 Å². The minimum atomic E-state index is -0.968. The first-order valence-electron chi connectivity index (χ1n) is 5.53. The normalized spacial score (nSPS) is 15.4. The molecule has 3 nitrogen and oxygen atoms in total. The SMILES string of the molecule is CC.Cc1ccc2c(c1)N(S(C)=O)CCO2. The van der Waals surface area contributed by atoms with Crippen LogP contribution in [0, 0.1) is 6.92 Å². The zero-order valence-electron chi connectivity index (χ0n) is 10.3. The summed E-state index contributed by atoms with van der Waals surface area (Å²) >= 11 is 0. The molecule has 0 saturated carbocycles. The lowest BCUT2D eigenvalue weighted by Crippen LogP contribution is -2.33. The molecule has 0 amide bonds. The maximum atomic E-state index is 11.5. The summed E-state index contributed by atoms with van der Waals surface area (Å²) in [5.74, 6) is 0.831. The summed E-state index contributed by atoms with van der Waals surface area (Å²) in [6.07, 6.45) is 1.69. The molecule has 0 aliphatic carbocycles. The van der Waals surface area contributed by atoms with Crippen molar-refractivity contribution in [3.8, 4) is 5.75 Å². The topological polar surface area (TPSA) is 29.5 Å². The Kier molecular flexibility index (Phi) is 4.80. The Labute approximate surface area is 100 Å². The molecule has 16 heavy (non-hydrogen) atoms. The number of hydrogen-bond donors (Lipinski definition) is 0. The van der Waals surface area contributed by atoms with Crippen molar-refractivity contribution in [2.45, 2.75) is 20.8 Å². The van der Waals surface area contributed by atoms with E-state index < -0.39 is 11.0 Å². The lowest BCUT2D eigenvalue weighted by atomic mass is 10.2. The average Bonchev–Trinajstić information content (AvgIpc) is 2.30. The summed E-state index contributed by atoms with van der Waals surface area (Å²) in [5.41, 5.74) is 2.10. The Morgan fingerprint density at radius 2 is 2.06 bits per heavy atom. The third-order valence-electron chi connectivity index (χ3n) is 2.25. The third kappa shape index (κ3) is 2.76. The van der Waals surface area contributed by atoms with Gasteiger partial charge in [0.25, 0.3) is 0 Å². The molecule has 4 heteroatoms. The van der Waals surface area contributed by atoms with Crippen molar-refractivity contribution in [2.24, 2.45) is 0 Å². The van der Waals surface area contributed by atoms with Gasteiger partial charge in [0.15, 0.2) is 0 Å². The Balaban J connectivity index is 0.000000606. The summed E-state index contributed by atoms with van der Waals surface area (Å²) in [7, 11) is -0.968. The van der Waals surface area contributed by atoms with Crippen LogP contribution in [0.5, 0.6) is 5.75 Å². The summed E-state index contributed by atoms with van der Waals surface area (Å²) in [4.78, 5) is 0. The largest absolute Gasteiger partial charge is 0.489 e. The molecular weight excluding hydrogens is 222 g/mol. The molecule has 0 fully saturated rings. The highest BCUT2D eigenvalue weighted by Gasteiger charge is 2.20. The number of benzene rings is 1. The molecule has 0 aromatic heterocycles. The van der Waals surface area contributed by atoms with E-state index in [2.05, 4.69) is 0 Å². The van der Waals surface area contributed by atoms with Crippen LogP contribution in [0.1, 0.15) is 19.4 Å². The first kappa shape index (κ1) is 13.0. The fraction of sp³-hybridized carbons (Fsp3) is 0.500. The molecule has 0 spiro atoms. The summed E-state index contributed by atoms with van der Waals surface area (Å²) in [6, 6.07) is 5.94. The van der Waals surface area contributed by atoms with Gasteiger partial charge in [-0.2, -0.15) is 0 Å². The number of fused-ring (bicyclic) bond motifs is 1. The van der Waals surface area contributed by atoms with Crippen molar-refractivity contribution in [2.75, 3.05) is 23.7 Å². The fourth-order valence-electron chi connectivity index (χ4n) is 1.57. The molecule has 90 valence electrons. The highest BCUT2D eigenvalue weighted by molar-refractivity contribution is 7.85. The van der Waals surface area contributed by atoms with Gasteiger partial charge in [0.05, 0.1) is 12.2 Å². The minimum absolute atomic E-state index is 0.607. The van der Waals surface area contributed by atoms with Crippen molar-refractivity contribution < 1.29 is 8.95 Å². The van der Waals surface area contributed by atoms with Crippen LogP contribution in [-0.2, 0) is 11.0 Å². The number of rotatable bonds is 1. The lowest BCUT2D eigenvalue weighted by molar-refractivity contribution is 0.317. The van der Waals surface area contributed by atoms with Gasteiger partial charge in [0.2, 0.25) is 0 Å². The van der Waals surface area contributed by atoms with Crippen LogP contribution in [-0.4, -0.2) is 23.6 Å². The summed E-state index contributed by atoms with van der Waals surface area (Å²) < 4.78 is 18.8. The van der Waals surface area contributed by atoms with E-state index in [0.717, 1.165) is 17.0 Å². The van der Waals surface area contributed by atoms with Gasteiger partial charge in [-0.3, -0.25) is 4.31 Å². The smallest absolute Gasteiger partial charge is 0.143 e. The lowest BCUT2D eigenvalue weighted by Gasteiger charge is -2.28. The van der Waals surface area contributed by atoms with Crippen LogP contribution >= 0.6 is 0 Å². The predicted molar refractivity (Wildman–Crippen MR) is 69.4 cm³/mol. The number of ether oxygens (including phenoxy) is 1. The zero-order valence-corrected chi connectivity index (χ0v) is 11.1. The second-order valence-electron chi connectivity index (χ2n) is 3.35. The molecule has 1 heterocycles. The van der Waals surface area contributed by atoms with Gasteiger partial charge in [-0.25, -0.2) is 4.21 Å². The van der Waals surface area contributed by atoms with Gasteiger partial charge < -0.3 is 4.74 Å². The van der Waals surface area contributed by atoms with Crippen LogP contribution in [0.4, 0.5) is 5.69 Å². The Bertz CT molecular complexity index is 379. The van der Waals surface area contributed by atoms with Crippen molar-refractivity contribution in [3.63, 3.8) is 0 Å². The van der Waals surface area contributed by atoms with E-state index in [1.165, 1.54) is 0 Å². The second-order valence-corrected chi connectivity index (χ2v) is 4.63. The van der Waals surface area contributed by atoms with E-state index in [4.69, 9.17) is 4.74 Å². The van der Waals surface area contributed by atoms with E-state index in [1.807, 2.05) is 43.3 Å². The Morgan fingerprint density at radius 3 is 2.69 bits per heavy atom. The molecule has 0 radical (unpaired) electrons. The summed E-state index contributed by atoms with van der Waals surface area (Å²) in [6.45, 7) is 7.32. The van der Waals surface area contributed by atoms with Gasteiger partial charge in [0.1, 0.15) is 23.3 Å². The zero-order chi connectivity index (χ0) is 12.1. The molecule has 0 bridgehead atoms. The number of anilines is 1. The van der Waals surface area contributed by atoms with Crippen LogP contribution in [0.15, 0.2) is 18.2 Å².